The molecule has 1 aromatic heterocycles. The predicted octanol–water partition coefficient (Wildman–Crippen LogP) is 3.50. The number of H-pyrrole nitrogens is 1. The van der Waals surface area contributed by atoms with Gasteiger partial charge in [0.2, 0.25) is 0 Å². The lowest BCUT2D eigenvalue weighted by molar-refractivity contribution is 0.0946. The lowest BCUT2D eigenvalue weighted by Crippen LogP contribution is -2.28. The van der Waals surface area contributed by atoms with Crippen molar-refractivity contribution >= 4 is 17.5 Å². The maximum atomic E-state index is 14.1. The first kappa shape index (κ1) is 19.0. The SMILES string of the molecule is Cc1cc(C)c(CNC(=O)c2c(F)ccc(OC(C)C)c2Cl)c(=O)[nH]1. The Bertz CT molecular complexity index is 862. The molecule has 0 aliphatic heterocycles. The van der Waals surface area contributed by atoms with Crippen LogP contribution in [0.5, 0.6) is 5.75 Å². The molecule has 1 amide bonds. The van der Waals surface area contributed by atoms with E-state index in [2.05, 4.69) is 10.3 Å². The van der Waals surface area contributed by atoms with Crippen LogP contribution in [0.15, 0.2) is 23.0 Å². The van der Waals surface area contributed by atoms with E-state index in [1.54, 1.807) is 33.8 Å². The van der Waals surface area contributed by atoms with E-state index >= 15 is 0 Å². The second kappa shape index (κ2) is 7.70. The summed E-state index contributed by atoms with van der Waals surface area (Å²) in [6.45, 7) is 7.10. The quantitative estimate of drug-likeness (QED) is 0.850. The zero-order valence-corrected chi connectivity index (χ0v) is 15.3. The number of hydrogen-bond acceptors (Lipinski definition) is 3. The Morgan fingerprint density at radius 1 is 1.36 bits per heavy atom. The van der Waals surface area contributed by atoms with Gasteiger partial charge in [-0.05, 0) is 51.5 Å². The summed E-state index contributed by atoms with van der Waals surface area (Å²) in [7, 11) is 0. The van der Waals surface area contributed by atoms with Crippen molar-refractivity contribution in [2.75, 3.05) is 0 Å². The number of halogens is 2. The van der Waals surface area contributed by atoms with Crippen molar-refractivity contribution < 1.29 is 13.9 Å². The molecule has 0 radical (unpaired) electrons. The van der Waals surface area contributed by atoms with Crippen molar-refractivity contribution in [3.8, 4) is 5.75 Å². The monoisotopic (exact) mass is 366 g/mol. The molecule has 0 aliphatic carbocycles. The summed E-state index contributed by atoms with van der Waals surface area (Å²) >= 11 is 6.12. The molecule has 5 nitrogen and oxygen atoms in total. The molecule has 2 aromatic rings. The average molecular weight is 367 g/mol. The van der Waals surface area contributed by atoms with Crippen molar-refractivity contribution in [3.05, 3.63) is 61.8 Å². The van der Waals surface area contributed by atoms with Gasteiger partial charge in [0.25, 0.3) is 11.5 Å². The molecule has 134 valence electrons. The molecular formula is C18H20ClFN2O3. The molecule has 7 heteroatoms. The Kier molecular flexibility index (Phi) is 5.85. The molecule has 0 bridgehead atoms. The highest BCUT2D eigenvalue weighted by Gasteiger charge is 2.20. The minimum Gasteiger partial charge on any atom is -0.489 e. The number of hydrogen-bond donors (Lipinski definition) is 2. The minimum atomic E-state index is -0.756. The van der Waals surface area contributed by atoms with E-state index in [4.69, 9.17) is 16.3 Å². The van der Waals surface area contributed by atoms with Crippen molar-refractivity contribution in [1.82, 2.24) is 10.3 Å². The molecule has 1 heterocycles. The highest BCUT2D eigenvalue weighted by molar-refractivity contribution is 6.35. The Hall–Kier alpha value is -2.34. The van der Waals surface area contributed by atoms with Crippen LogP contribution in [0.1, 0.15) is 41.0 Å². The molecule has 2 rings (SSSR count). The summed E-state index contributed by atoms with van der Waals surface area (Å²) in [4.78, 5) is 27.0. The van der Waals surface area contributed by atoms with Crippen molar-refractivity contribution in [1.29, 1.82) is 0 Å². The fraction of sp³-hybridized carbons (Fsp3) is 0.333. The zero-order chi connectivity index (χ0) is 18.7. The third-order valence-corrected chi connectivity index (χ3v) is 3.94. The number of carbonyl (C=O) groups is 1. The number of rotatable bonds is 5. The van der Waals surface area contributed by atoms with Crippen molar-refractivity contribution in [2.24, 2.45) is 0 Å². The first-order valence-corrected chi connectivity index (χ1v) is 8.20. The van der Waals surface area contributed by atoms with Gasteiger partial charge < -0.3 is 15.0 Å². The number of benzene rings is 1. The third kappa shape index (κ3) is 4.39. The van der Waals surface area contributed by atoms with E-state index in [9.17, 15) is 14.0 Å². The standard InChI is InChI=1S/C18H20ClFN2O3/c1-9(2)25-14-6-5-13(20)15(16(14)19)18(24)21-8-12-10(3)7-11(4)22-17(12)23/h5-7,9H,8H2,1-4H3,(H,21,24)(H,22,23). The summed E-state index contributed by atoms with van der Waals surface area (Å²) in [5.41, 5.74) is 1.28. The zero-order valence-electron chi connectivity index (χ0n) is 14.5. The lowest BCUT2D eigenvalue weighted by atomic mass is 10.1. The molecular weight excluding hydrogens is 347 g/mol. The number of amides is 1. The Morgan fingerprint density at radius 2 is 2.04 bits per heavy atom. The molecule has 2 N–H and O–H groups in total. The lowest BCUT2D eigenvalue weighted by Gasteiger charge is -2.14. The van der Waals surface area contributed by atoms with E-state index < -0.39 is 11.7 Å². The fourth-order valence-electron chi connectivity index (χ4n) is 2.44. The number of aromatic amines is 1. The largest absolute Gasteiger partial charge is 0.489 e. The van der Waals surface area contributed by atoms with Crippen LogP contribution in [-0.2, 0) is 6.54 Å². The van der Waals surface area contributed by atoms with Gasteiger partial charge >= 0.3 is 0 Å². The first-order chi connectivity index (χ1) is 11.7. The highest BCUT2D eigenvalue weighted by Crippen LogP contribution is 2.31. The van der Waals surface area contributed by atoms with E-state index in [0.29, 0.717) is 5.56 Å². The molecule has 0 saturated carbocycles. The van der Waals surface area contributed by atoms with Gasteiger partial charge in [-0.15, -0.1) is 0 Å². The number of aryl methyl sites for hydroxylation is 2. The number of aromatic nitrogens is 1. The van der Waals surface area contributed by atoms with Crippen LogP contribution in [-0.4, -0.2) is 17.0 Å². The van der Waals surface area contributed by atoms with Crippen LogP contribution in [0.25, 0.3) is 0 Å². The van der Waals surface area contributed by atoms with Gasteiger partial charge in [0.1, 0.15) is 11.6 Å². The average Bonchev–Trinajstić information content (AvgIpc) is 2.49. The van der Waals surface area contributed by atoms with Crippen LogP contribution in [0.2, 0.25) is 5.02 Å². The maximum absolute atomic E-state index is 14.1. The van der Waals surface area contributed by atoms with Gasteiger partial charge in [0.15, 0.2) is 0 Å². The van der Waals surface area contributed by atoms with Gasteiger partial charge in [0.05, 0.1) is 16.7 Å². The third-order valence-electron chi connectivity index (χ3n) is 3.56. The number of pyridine rings is 1. The van der Waals surface area contributed by atoms with Crippen LogP contribution >= 0.6 is 11.6 Å². The van der Waals surface area contributed by atoms with E-state index in [1.807, 2.05) is 0 Å². The van der Waals surface area contributed by atoms with Crippen LogP contribution in [0, 0.1) is 19.7 Å². The molecule has 25 heavy (non-hydrogen) atoms. The summed E-state index contributed by atoms with van der Waals surface area (Å²) in [6, 6.07) is 4.30. The fourth-order valence-corrected chi connectivity index (χ4v) is 2.73. The van der Waals surface area contributed by atoms with Gasteiger partial charge in [-0.1, -0.05) is 11.6 Å². The van der Waals surface area contributed by atoms with Crippen molar-refractivity contribution in [3.63, 3.8) is 0 Å². The second-order valence-corrected chi connectivity index (χ2v) is 6.40. The Balaban J connectivity index is 2.26. The van der Waals surface area contributed by atoms with Gasteiger partial charge in [0, 0.05) is 17.8 Å². The van der Waals surface area contributed by atoms with Crippen LogP contribution < -0.4 is 15.6 Å². The summed E-state index contributed by atoms with van der Waals surface area (Å²) in [5.74, 6) is -1.24. The van der Waals surface area contributed by atoms with E-state index in [1.165, 1.54) is 6.07 Å². The van der Waals surface area contributed by atoms with Crippen molar-refractivity contribution in [2.45, 2.75) is 40.3 Å². The predicted molar refractivity (Wildman–Crippen MR) is 94.9 cm³/mol. The maximum Gasteiger partial charge on any atom is 0.256 e. The second-order valence-electron chi connectivity index (χ2n) is 6.03. The summed E-state index contributed by atoms with van der Waals surface area (Å²) < 4.78 is 19.6. The molecule has 0 unspecified atom stereocenters. The van der Waals surface area contributed by atoms with E-state index in [-0.39, 0.29) is 34.5 Å². The first-order valence-electron chi connectivity index (χ1n) is 7.83. The van der Waals surface area contributed by atoms with Gasteiger partial charge in [-0.3, -0.25) is 9.59 Å². The number of nitrogens with one attached hydrogen (secondary N) is 2. The highest BCUT2D eigenvalue weighted by atomic mass is 35.5. The summed E-state index contributed by atoms with van der Waals surface area (Å²) in [5, 5.41) is 2.44. The molecule has 0 atom stereocenters. The normalized spacial score (nSPS) is 10.8. The molecule has 1 aromatic carbocycles. The number of ether oxygens (including phenoxy) is 1. The number of carbonyl (C=O) groups excluding carboxylic acids is 1. The topological polar surface area (TPSA) is 71.2 Å². The van der Waals surface area contributed by atoms with E-state index in [0.717, 1.165) is 17.3 Å². The molecule has 0 saturated heterocycles. The molecule has 0 fully saturated rings. The minimum absolute atomic E-state index is 0.0364. The molecule has 0 spiro atoms. The summed E-state index contributed by atoms with van der Waals surface area (Å²) in [6.07, 6.45) is -0.173. The molecule has 0 aliphatic rings. The Labute approximate surface area is 150 Å². The smallest absolute Gasteiger partial charge is 0.256 e. The van der Waals surface area contributed by atoms with Crippen LogP contribution in [0.4, 0.5) is 4.39 Å². The van der Waals surface area contributed by atoms with Crippen LogP contribution in [0.3, 0.4) is 0 Å². The van der Waals surface area contributed by atoms with Gasteiger partial charge in [-0.25, -0.2) is 4.39 Å². The van der Waals surface area contributed by atoms with Gasteiger partial charge in [-0.2, -0.15) is 0 Å². The Morgan fingerprint density at radius 3 is 2.64 bits per heavy atom.